The maximum Gasteiger partial charge on any atom is 0.250 e. The van der Waals surface area contributed by atoms with Crippen LogP contribution in [0.15, 0.2) is 32.8 Å². The lowest BCUT2D eigenvalue weighted by Crippen LogP contribution is -2.24. The minimum atomic E-state index is -3.39. The maximum atomic E-state index is 12.0. The standard InChI is InChI=1S/C11H14BrN3O2S2/c1-9-7-10(18-11(9)12)19(16,17)14-3-2-5-15-6-4-13-8-15/h4,6-8,14H,2-3,5H2,1H3. The average Bonchev–Trinajstić information content (AvgIpc) is 2.96. The van der Waals surface area contributed by atoms with Gasteiger partial charge in [-0.05, 0) is 40.9 Å². The van der Waals surface area contributed by atoms with Gasteiger partial charge in [-0.25, -0.2) is 18.1 Å². The number of hydrogen-bond donors (Lipinski definition) is 1. The van der Waals surface area contributed by atoms with E-state index in [9.17, 15) is 8.42 Å². The highest BCUT2D eigenvalue weighted by molar-refractivity contribution is 9.11. The molecule has 2 aromatic rings. The number of aryl methyl sites for hydroxylation is 2. The first kappa shape index (κ1) is 14.7. The predicted octanol–water partition coefficient (Wildman–Crippen LogP) is 2.38. The van der Waals surface area contributed by atoms with Crippen molar-refractivity contribution < 1.29 is 8.42 Å². The fourth-order valence-corrected chi connectivity index (χ4v) is 4.87. The summed E-state index contributed by atoms with van der Waals surface area (Å²) < 4.78 is 29.8. The highest BCUT2D eigenvalue weighted by Crippen LogP contribution is 2.30. The van der Waals surface area contributed by atoms with Crippen LogP contribution >= 0.6 is 27.3 Å². The molecular formula is C11H14BrN3O2S2. The summed E-state index contributed by atoms with van der Waals surface area (Å²) in [5.41, 5.74) is 0.934. The Morgan fingerprint density at radius 2 is 2.32 bits per heavy atom. The highest BCUT2D eigenvalue weighted by atomic mass is 79.9. The molecule has 0 unspecified atom stereocenters. The van der Waals surface area contributed by atoms with Crippen LogP contribution in [0, 0.1) is 6.92 Å². The zero-order valence-electron chi connectivity index (χ0n) is 10.3. The van der Waals surface area contributed by atoms with Gasteiger partial charge in [0.05, 0.1) is 10.1 Å². The van der Waals surface area contributed by atoms with Crippen molar-refractivity contribution in [1.29, 1.82) is 0 Å². The van der Waals surface area contributed by atoms with Gasteiger partial charge in [-0.15, -0.1) is 11.3 Å². The molecule has 0 aromatic carbocycles. The Bertz CT molecular complexity index is 615. The van der Waals surface area contributed by atoms with E-state index < -0.39 is 10.0 Å². The number of aromatic nitrogens is 2. The fraction of sp³-hybridized carbons (Fsp3) is 0.364. The maximum absolute atomic E-state index is 12.0. The molecule has 0 bridgehead atoms. The molecular weight excluding hydrogens is 350 g/mol. The van der Waals surface area contributed by atoms with Gasteiger partial charge >= 0.3 is 0 Å². The molecule has 0 aliphatic rings. The number of nitrogens with zero attached hydrogens (tertiary/aromatic N) is 2. The SMILES string of the molecule is Cc1cc(S(=O)(=O)NCCCn2ccnc2)sc1Br. The van der Waals surface area contributed by atoms with E-state index in [1.807, 2.05) is 17.7 Å². The minimum Gasteiger partial charge on any atom is -0.337 e. The molecule has 0 atom stereocenters. The van der Waals surface area contributed by atoms with Crippen molar-refractivity contribution in [1.82, 2.24) is 14.3 Å². The van der Waals surface area contributed by atoms with Gasteiger partial charge in [0.2, 0.25) is 10.0 Å². The number of halogens is 1. The molecule has 104 valence electrons. The topological polar surface area (TPSA) is 64.0 Å². The van der Waals surface area contributed by atoms with Gasteiger partial charge in [-0.2, -0.15) is 0 Å². The van der Waals surface area contributed by atoms with Crippen molar-refractivity contribution >= 4 is 37.3 Å². The largest absolute Gasteiger partial charge is 0.337 e. The number of rotatable bonds is 6. The van der Waals surface area contributed by atoms with E-state index in [-0.39, 0.29) is 0 Å². The van der Waals surface area contributed by atoms with Crippen molar-refractivity contribution in [2.75, 3.05) is 6.54 Å². The van der Waals surface area contributed by atoms with E-state index in [2.05, 4.69) is 25.6 Å². The summed E-state index contributed by atoms with van der Waals surface area (Å²) in [4.78, 5) is 3.93. The van der Waals surface area contributed by atoms with E-state index in [0.717, 1.165) is 22.3 Å². The Morgan fingerprint density at radius 3 is 2.89 bits per heavy atom. The highest BCUT2D eigenvalue weighted by Gasteiger charge is 2.17. The third-order valence-electron chi connectivity index (χ3n) is 2.54. The van der Waals surface area contributed by atoms with Crippen molar-refractivity contribution in [3.63, 3.8) is 0 Å². The van der Waals surface area contributed by atoms with Gasteiger partial charge in [0.1, 0.15) is 4.21 Å². The summed E-state index contributed by atoms with van der Waals surface area (Å²) in [6, 6.07) is 1.67. The second kappa shape index (κ2) is 6.17. The van der Waals surface area contributed by atoms with Gasteiger partial charge in [-0.3, -0.25) is 0 Å². The van der Waals surface area contributed by atoms with Gasteiger partial charge in [0.15, 0.2) is 0 Å². The zero-order valence-corrected chi connectivity index (χ0v) is 13.6. The van der Waals surface area contributed by atoms with Gasteiger partial charge < -0.3 is 4.57 Å². The molecule has 19 heavy (non-hydrogen) atoms. The molecule has 0 fully saturated rings. The Kier molecular flexibility index (Phi) is 4.77. The van der Waals surface area contributed by atoms with Crippen LogP contribution in [0.3, 0.4) is 0 Å². The smallest absolute Gasteiger partial charge is 0.250 e. The Balaban J connectivity index is 1.87. The molecule has 8 heteroatoms. The van der Waals surface area contributed by atoms with Gasteiger partial charge in [-0.1, -0.05) is 0 Å². The monoisotopic (exact) mass is 363 g/mol. The first-order valence-electron chi connectivity index (χ1n) is 5.70. The van der Waals surface area contributed by atoms with Gasteiger partial charge in [0.25, 0.3) is 0 Å². The van der Waals surface area contributed by atoms with Crippen LogP contribution in [0.2, 0.25) is 0 Å². The van der Waals surface area contributed by atoms with Crippen molar-refractivity contribution in [3.05, 3.63) is 34.1 Å². The van der Waals surface area contributed by atoms with Crippen molar-refractivity contribution in [2.24, 2.45) is 0 Å². The lowest BCUT2D eigenvalue weighted by molar-refractivity contribution is 0.571. The molecule has 0 radical (unpaired) electrons. The van der Waals surface area contributed by atoms with E-state index in [1.165, 1.54) is 11.3 Å². The summed E-state index contributed by atoms with van der Waals surface area (Å²) in [7, 11) is -3.39. The Morgan fingerprint density at radius 1 is 1.53 bits per heavy atom. The first-order valence-corrected chi connectivity index (χ1v) is 8.79. The molecule has 0 amide bonds. The third kappa shape index (κ3) is 3.88. The van der Waals surface area contributed by atoms with Crippen LogP contribution < -0.4 is 4.72 Å². The lowest BCUT2D eigenvalue weighted by atomic mass is 10.4. The first-order chi connectivity index (χ1) is 8.99. The lowest BCUT2D eigenvalue weighted by Gasteiger charge is -2.05. The predicted molar refractivity (Wildman–Crippen MR) is 78.8 cm³/mol. The van der Waals surface area contributed by atoms with E-state index in [4.69, 9.17) is 0 Å². The molecule has 0 aliphatic carbocycles. The van der Waals surface area contributed by atoms with Crippen molar-refractivity contribution in [2.45, 2.75) is 24.1 Å². The zero-order chi connectivity index (χ0) is 13.9. The van der Waals surface area contributed by atoms with E-state index in [0.29, 0.717) is 10.8 Å². The van der Waals surface area contributed by atoms with E-state index in [1.54, 1.807) is 18.6 Å². The Hall–Kier alpha value is -0.700. The molecule has 2 aromatic heterocycles. The average molecular weight is 364 g/mol. The number of hydrogen-bond acceptors (Lipinski definition) is 4. The molecule has 2 rings (SSSR count). The molecule has 0 spiro atoms. The summed E-state index contributed by atoms with van der Waals surface area (Å²) in [5, 5.41) is 0. The summed E-state index contributed by atoms with van der Waals surface area (Å²) in [6.07, 6.45) is 6.00. The minimum absolute atomic E-state index is 0.347. The number of sulfonamides is 1. The second-order valence-corrected chi connectivity index (χ2v) is 8.44. The van der Waals surface area contributed by atoms with Gasteiger partial charge in [0, 0.05) is 25.5 Å². The molecule has 5 nitrogen and oxygen atoms in total. The summed E-state index contributed by atoms with van der Waals surface area (Å²) in [6.45, 7) is 3.03. The van der Waals surface area contributed by atoms with Crippen LogP contribution in [0.5, 0.6) is 0 Å². The molecule has 0 saturated heterocycles. The Labute approximate surface area is 124 Å². The number of nitrogens with one attached hydrogen (secondary N) is 1. The third-order valence-corrected chi connectivity index (χ3v) is 6.62. The second-order valence-electron chi connectivity index (χ2n) is 4.07. The van der Waals surface area contributed by atoms with Crippen molar-refractivity contribution in [3.8, 4) is 0 Å². The van der Waals surface area contributed by atoms with E-state index >= 15 is 0 Å². The van der Waals surface area contributed by atoms with Crippen LogP contribution in [-0.2, 0) is 16.6 Å². The van der Waals surface area contributed by atoms with Crippen LogP contribution in [0.4, 0.5) is 0 Å². The van der Waals surface area contributed by atoms with Crippen LogP contribution in [-0.4, -0.2) is 24.5 Å². The summed E-state index contributed by atoms with van der Waals surface area (Å²) in [5.74, 6) is 0. The molecule has 0 saturated carbocycles. The molecule has 0 aliphatic heterocycles. The summed E-state index contributed by atoms with van der Waals surface area (Å²) >= 11 is 4.56. The van der Waals surface area contributed by atoms with Crippen LogP contribution in [0.25, 0.3) is 0 Å². The normalized spacial score (nSPS) is 11.9. The molecule has 1 N–H and O–H groups in total. The van der Waals surface area contributed by atoms with Crippen LogP contribution in [0.1, 0.15) is 12.0 Å². The number of thiophene rings is 1. The fourth-order valence-electron chi connectivity index (χ4n) is 1.52. The molecule has 2 heterocycles. The quantitative estimate of drug-likeness (QED) is 0.801. The number of imidazole rings is 1.